The highest BCUT2D eigenvalue weighted by Gasteiger charge is 1.85. The zero-order chi connectivity index (χ0) is 5.86. The Morgan fingerprint density at radius 1 is 1.86 bits per heavy atom. The maximum atomic E-state index is 5.27. The quantitative estimate of drug-likeness (QED) is 0.308. The molecule has 0 radical (unpaired) electrons. The first-order chi connectivity index (χ1) is 3.13. The monoisotopic (exact) mass is 100 g/mol. The second-order valence-corrected chi connectivity index (χ2v) is 1.87. The molecule has 0 amide bonds. The van der Waals surface area contributed by atoms with E-state index in [1.54, 1.807) is 5.01 Å². The summed E-state index contributed by atoms with van der Waals surface area (Å²) in [7, 11) is 1.81. The van der Waals surface area contributed by atoms with Gasteiger partial charge in [0.2, 0.25) is 0 Å². The van der Waals surface area contributed by atoms with Crippen LogP contribution in [-0.4, -0.2) is 18.6 Å². The van der Waals surface area contributed by atoms with Crippen molar-refractivity contribution in [1.82, 2.24) is 5.01 Å². The molecule has 0 aliphatic carbocycles. The van der Waals surface area contributed by atoms with Crippen molar-refractivity contribution in [2.45, 2.75) is 6.92 Å². The van der Waals surface area contributed by atoms with Crippen LogP contribution < -0.4 is 5.84 Å². The lowest BCUT2D eigenvalue weighted by Gasteiger charge is -2.06. The summed E-state index contributed by atoms with van der Waals surface area (Å²) in [5.41, 5.74) is 1.09. The molecule has 0 aromatic heterocycles. The first kappa shape index (κ1) is 6.66. The van der Waals surface area contributed by atoms with Gasteiger partial charge in [-0.2, -0.15) is 0 Å². The Bertz CT molecular complexity index is 66.5. The molecule has 0 fully saturated rings. The van der Waals surface area contributed by atoms with Gasteiger partial charge in [-0.05, 0) is 6.92 Å². The molecular formula is C5H12N2. The van der Waals surface area contributed by atoms with Gasteiger partial charge in [-0.15, -0.1) is 0 Å². The van der Waals surface area contributed by atoms with Crippen LogP contribution in [0.15, 0.2) is 12.2 Å². The van der Waals surface area contributed by atoms with Gasteiger partial charge in [0, 0.05) is 13.6 Å². The van der Waals surface area contributed by atoms with Crippen LogP contribution in [0.3, 0.4) is 0 Å². The van der Waals surface area contributed by atoms with Crippen LogP contribution in [0.5, 0.6) is 0 Å². The van der Waals surface area contributed by atoms with Crippen LogP contribution in [0.1, 0.15) is 6.92 Å². The van der Waals surface area contributed by atoms with Gasteiger partial charge >= 0.3 is 0 Å². The van der Waals surface area contributed by atoms with Crippen molar-refractivity contribution in [3.05, 3.63) is 12.2 Å². The molecule has 0 aliphatic heterocycles. The number of rotatable bonds is 2. The smallest absolute Gasteiger partial charge is 0.0330 e. The maximum Gasteiger partial charge on any atom is 0.0330 e. The van der Waals surface area contributed by atoms with Crippen molar-refractivity contribution in [1.29, 1.82) is 0 Å². The number of nitrogens with zero attached hydrogens (tertiary/aromatic N) is 1. The lowest BCUT2D eigenvalue weighted by molar-refractivity contribution is 0.381. The van der Waals surface area contributed by atoms with E-state index in [4.69, 9.17) is 5.84 Å². The number of hydrogen-bond acceptors (Lipinski definition) is 2. The van der Waals surface area contributed by atoms with E-state index in [-0.39, 0.29) is 0 Å². The molecule has 0 bridgehead atoms. The summed E-state index contributed by atoms with van der Waals surface area (Å²) in [4.78, 5) is 0. The minimum Gasteiger partial charge on any atom is -0.269 e. The van der Waals surface area contributed by atoms with Gasteiger partial charge in [-0.25, -0.2) is 5.01 Å². The van der Waals surface area contributed by atoms with Crippen LogP contribution >= 0.6 is 0 Å². The Morgan fingerprint density at radius 2 is 2.29 bits per heavy atom. The SMILES string of the molecule is C=C(C)CN(C)N. The van der Waals surface area contributed by atoms with Gasteiger partial charge in [0.05, 0.1) is 0 Å². The molecule has 0 aliphatic rings. The minimum absolute atomic E-state index is 0.778. The molecule has 2 N–H and O–H groups in total. The van der Waals surface area contributed by atoms with Crippen molar-refractivity contribution < 1.29 is 0 Å². The number of hydrogen-bond donors (Lipinski definition) is 1. The van der Waals surface area contributed by atoms with E-state index in [1.807, 2.05) is 14.0 Å². The Balaban J connectivity index is 3.13. The molecule has 42 valence electrons. The van der Waals surface area contributed by atoms with Gasteiger partial charge in [0.1, 0.15) is 0 Å². The van der Waals surface area contributed by atoms with Gasteiger partial charge in [0.15, 0.2) is 0 Å². The summed E-state index contributed by atoms with van der Waals surface area (Å²) in [6.07, 6.45) is 0. The van der Waals surface area contributed by atoms with Gasteiger partial charge < -0.3 is 0 Å². The van der Waals surface area contributed by atoms with Crippen LogP contribution in [0.4, 0.5) is 0 Å². The summed E-state index contributed by atoms with van der Waals surface area (Å²) in [5.74, 6) is 5.27. The number of likely N-dealkylation sites (N-methyl/N-ethyl adjacent to an activating group) is 1. The predicted octanol–water partition coefficient (Wildman–Crippen LogP) is 0.368. The summed E-state index contributed by atoms with van der Waals surface area (Å²) < 4.78 is 0. The molecule has 0 unspecified atom stereocenters. The molecule has 0 atom stereocenters. The van der Waals surface area contributed by atoms with E-state index in [9.17, 15) is 0 Å². The lowest BCUT2D eigenvalue weighted by atomic mass is 10.3. The summed E-state index contributed by atoms with van der Waals surface area (Å²) >= 11 is 0. The zero-order valence-electron chi connectivity index (χ0n) is 4.94. The normalized spacial score (nSPS) is 9.71. The topological polar surface area (TPSA) is 29.3 Å². The molecule has 0 saturated carbocycles. The maximum absolute atomic E-state index is 5.27. The molecule has 2 heteroatoms. The van der Waals surface area contributed by atoms with E-state index >= 15 is 0 Å². The Morgan fingerprint density at radius 3 is 2.29 bits per heavy atom. The lowest BCUT2D eigenvalue weighted by Crippen LogP contribution is -2.27. The number of nitrogens with two attached hydrogens (primary N) is 1. The van der Waals surface area contributed by atoms with Crippen LogP contribution in [-0.2, 0) is 0 Å². The fourth-order valence-corrected chi connectivity index (χ4v) is 0.426. The molecule has 0 aromatic rings. The van der Waals surface area contributed by atoms with E-state index in [1.165, 1.54) is 0 Å². The van der Waals surface area contributed by atoms with Crippen molar-refractivity contribution in [2.75, 3.05) is 13.6 Å². The third-order valence-electron chi connectivity index (χ3n) is 0.519. The second-order valence-electron chi connectivity index (χ2n) is 1.87. The van der Waals surface area contributed by atoms with Gasteiger partial charge in [-0.1, -0.05) is 12.2 Å². The van der Waals surface area contributed by atoms with Crippen molar-refractivity contribution in [2.24, 2.45) is 5.84 Å². The molecule has 2 nitrogen and oxygen atoms in total. The average Bonchev–Trinajstić information content (AvgIpc) is 1.27. The molecular weight excluding hydrogens is 88.1 g/mol. The van der Waals surface area contributed by atoms with Crippen LogP contribution in [0.2, 0.25) is 0 Å². The van der Waals surface area contributed by atoms with E-state index in [0.717, 1.165) is 12.1 Å². The summed E-state index contributed by atoms with van der Waals surface area (Å²) in [5, 5.41) is 1.60. The highest BCUT2D eigenvalue weighted by Crippen LogP contribution is 1.83. The second kappa shape index (κ2) is 2.77. The molecule has 0 spiro atoms. The van der Waals surface area contributed by atoms with Gasteiger partial charge in [0.25, 0.3) is 0 Å². The minimum atomic E-state index is 0.778. The standard InChI is InChI=1S/C5H12N2/c1-5(2)4-7(3)6/h1,4,6H2,2-3H3. The van der Waals surface area contributed by atoms with Crippen molar-refractivity contribution >= 4 is 0 Å². The average molecular weight is 100 g/mol. The first-order valence-corrected chi connectivity index (χ1v) is 2.23. The summed E-state index contributed by atoms with van der Waals surface area (Å²) in [6.45, 7) is 6.40. The Hall–Kier alpha value is -0.340. The van der Waals surface area contributed by atoms with Crippen LogP contribution in [0, 0.1) is 0 Å². The largest absolute Gasteiger partial charge is 0.269 e. The molecule has 0 aromatic carbocycles. The first-order valence-electron chi connectivity index (χ1n) is 2.23. The molecule has 0 heterocycles. The fourth-order valence-electron chi connectivity index (χ4n) is 0.426. The van der Waals surface area contributed by atoms with E-state index < -0.39 is 0 Å². The molecule has 7 heavy (non-hydrogen) atoms. The summed E-state index contributed by atoms with van der Waals surface area (Å²) in [6, 6.07) is 0. The third kappa shape index (κ3) is 5.66. The van der Waals surface area contributed by atoms with Crippen LogP contribution in [0.25, 0.3) is 0 Å². The van der Waals surface area contributed by atoms with Crippen molar-refractivity contribution in [3.63, 3.8) is 0 Å². The Labute approximate surface area is 44.6 Å². The Kier molecular flexibility index (Phi) is 2.64. The fraction of sp³-hybridized carbons (Fsp3) is 0.600. The van der Waals surface area contributed by atoms with Crippen molar-refractivity contribution in [3.8, 4) is 0 Å². The predicted molar refractivity (Wildman–Crippen MR) is 31.6 cm³/mol. The highest BCUT2D eigenvalue weighted by atomic mass is 15.4. The molecule has 0 rings (SSSR count). The highest BCUT2D eigenvalue weighted by molar-refractivity contribution is 4.89. The third-order valence-corrected chi connectivity index (χ3v) is 0.519. The number of hydrazine groups is 1. The van der Waals surface area contributed by atoms with E-state index in [0.29, 0.717) is 0 Å². The zero-order valence-corrected chi connectivity index (χ0v) is 4.94. The van der Waals surface area contributed by atoms with E-state index in [2.05, 4.69) is 6.58 Å². The molecule has 0 saturated heterocycles. The van der Waals surface area contributed by atoms with Gasteiger partial charge in [-0.3, -0.25) is 5.84 Å².